The van der Waals surface area contributed by atoms with Crippen LogP contribution in [0.5, 0.6) is 0 Å². The van der Waals surface area contributed by atoms with Gasteiger partial charge in [0.25, 0.3) is 0 Å². The van der Waals surface area contributed by atoms with Gasteiger partial charge in [0.05, 0.1) is 12.5 Å². The molecule has 1 heterocycles. The summed E-state index contributed by atoms with van der Waals surface area (Å²) in [6, 6.07) is 17.4. The summed E-state index contributed by atoms with van der Waals surface area (Å²) >= 11 is 0. The Labute approximate surface area is 195 Å². The van der Waals surface area contributed by atoms with E-state index in [1.807, 2.05) is 42.5 Å². The molecule has 0 unspecified atom stereocenters. The Bertz CT molecular complexity index is 1210. The van der Waals surface area contributed by atoms with Crippen LogP contribution in [0.15, 0.2) is 72.8 Å². The molecule has 3 aromatic carbocycles. The summed E-state index contributed by atoms with van der Waals surface area (Å²) in [5.41, 5.74) is 2.60. The standard InChI is InChI=1S/C26H23F2N3O3/c1-15(29-22(32)13-16-11-18(27)14-19(28)12-16)25(33)31-24-21-10-6-5-9-20(21)23(30-26(24)34)17-7-3-2-4-8-17/h2-12,14-15,23-24H,13H2,1H3,(H,29,32)(H,30,34)(H,31,33)/t15-,23+,24-/m0/s1. The van der Waals surface area contributed by atoms with Crippen LogP contribution in [0, 0.1) is 11.6 Å². The number of hydrogen-bond acceptors (Lipinski definition) is 3. The number of amides is 3. The number of carbonyl (C=O) groups excluding carboxylic acids is 3. The van der Waals surface area contributed by atoms with Crippen molar-refractivity contribution >= 4 is 17.7 Å². The van der Waals surface area contributed by atoms with Gasteiger partial charge in [-0.25, -0.2) is 8.78 Å². The van der Waals surface area contributed by atoms with Crippen LogP contribution in [-0.4, -0.2) is 23.8 Å². The van der Waals surface area contributed by atoms with Gasteiger partial charge in [-0.1, -0.05) is 54.6 Å². The van der Waals surface area contributed by atoms with Crippen LogP contribution in [0.25, 0.3) is 0 Å². The third-order valence-corrected chi connectivity index (χ3v) is 5.64. The van der Waals surface area contributed by atoms with E-state index in [4.69, 9.17) is 0 Å². The number of carbonyl (C=O) groups is 3. The molecule has 3 N–H and O–H groups in total. The molecule has 0 bridgehead atoms. The van der Waals surface area contributed by atoms with Gasteiger partial charge in [-0.3, -0.25) is 14.4 Å². The van der Waals surface area contributed by atoms with Crippen LogP contribution in [0.1, 0.15) is 41.3 Å². The maximum Gasteiger partial charge on any atom is 0.247 e. The van der Waals surface area contributed by atoms with Gasteiger partial charge in [0.2, 0.25) is 17.7 Å². The Kier molecular flexibility index (Phi) is 6.67. The van der Waals surface area contributed by atoms with E-state index in [1.54, 1.807) is 12.1 Å². The van der Waals surface area contributed by atoms with Crippen LogP contribution < -0.4 is 16.0 Å². The first-order valence-corrected chi connectivity index (χ1v) is 10.8. The highest BCUT2D eigenvalue weighted by atomic mass is 19.1. The van der Waals surface area contributed by atoms with Crippen LogP contribution in [0.3, 0.4) is 0 Å². The van der Waals surface area contributed by atoms with Crippen LogP contribution in [0.2, 0.25) is 0 Å². The predicted octanol–water partition coefficient (Wildman–Crippen LogP) is 3.09. The number of hydrogen-bond donors (Lipinski definition) is 3. The molecular formula is C26H23F2N3O3. The second kappa shape index (κ2) is 9.82. The highest BCUT2D eigenvalue weighted by Gasteiger charge is 2.35. The first-order valence-electron chi connectivity index (χ1n) is 10.8. The Balaban J connectivity index is 1.45. The summed E-state index contributed by atoms with van der Waals surface area (Å²) in [7, 11) is 0. The van der Waals surface area contributed by atoms with Gasteiger partial charge in [-0.05, 0) is 41.3 Å². The lowest BCUT2D eigenvalue weighted by molar-refractivity contribution is -0.132. The molecule has 0 radical (unpaired) electrons. The lowest BCUT2D eigenvalue weighted by Gasteiger charge is -2.33. The third kappa shape index (κ3) is 5.11. The number of rotatable bonds is 6. The lowest BCUT2D eigenvalue weighted by Crippen LogP contribution is -2.51. The maximum atomic E-state index is 13.3. The fourth-order valence-corrected chi connectivity index (χ4v) is 4.06. The number of nitrogens with one attached hydrogen (secondary N) is 3. The van der Waals surface area contributed by atoms with Gasteiger partial charge >= 0.3 is 0 Å². The first-order chi connectivity index (χ1) is 16.3. The minimum absolute atomic E-state index is 0.148. The SMILES string of the molecule is C[C@H](NC(=O)Cc1cc(F)cc(F)c1)C(=O)N[C@@H]1C(=O)N[C@H](c2ccccc2)c2ccccc21. The lowest BCUT2D eigenvalue weighted by atomic mass is 9.87. The average molecular weight is 463 g/mol. The maximum absolute atomic E-state index is 13.3. The summed E-state index contributed by atoms with van der Waals surface area (Å²) in [5, 5.41) is 8.16. The molecule has 0 fully saturated rings. The van der Waals surface area contributed by atoms with Gasteiger partial charge in [-0.2, -0.15) is 0 Å². The summed E-state index contributed by atoms with van der Waals surface area (Å²) in [6.07, 6.45) is -0.294. The van der Waals surface area contributed by atoms with Crippen molar-refractivity contribution in [2.24, 2.45) is 0 Å². The summed E-state index contributed by atoms with van der Waals surface area (Å²) < 4.78 is 26.7. The molecule has 0 saturated carbocycles. The van der Waals surface area contributed by atoms with Crippen LogP contribution >= 0.6 is 0 Å². The Morgan fingerprint density at radius 2 is 1.56 bits per heavy atom. The second-order valence-electron chi connectivity index (χ2n) is 8.17. The average Bonchev–Trinajstić information content (AvgIpc) is 2.80. The van der Waals surface area contributed by atoms with Crippen molar-refractivity contribution in [2.75, 3.05) is 0 Å². The number of halogens is 2. The van der Waals surface area contributed by atoms with Crippen molar-refractivity contribution in [3.8, 4) is 0 Å². The molecule has 0 spiro atoms. The Hall–Kier alpha value is -4.07. The largest absolute Gasteiger partial charge is 0.344 e. The molecule has 8 heteroatoms. The monoisotopic (exact) mass is 463 g/mol. The van der Waals surface area contributed by atoms with E-state index in [1.165, 1.54) is 6.92 Å². The van der Waals surface area contributed by atoms with Gasteiger partial charge in [-0.15, -0.1) is 0 Å². The molecule has 1 aliphatic rings. The topological polar surface area (TPSA) is 87.3 Å². The summed E-state index contributed by atoms with van der Waals surface area (Å²) in [5.74, 6) is -3.08. The Morgan fingerprint density at radius 1 is 0.941 bits per heavy atom. The highest BCUT2D eigenvalue weighted by Crippen LogP contribution is 2.33. The van der Waals surface area contributed by atoms with E-state index in [9.17, 15) is 23.2 Å². The van der Waals surface area contributed by atoms with E-state index in [0.29, 0.717) is 11.6 Å². The zero-order valence-electron chi connectivity index (χ0n) is 18.3. The quantitative estimate of drug-likeness (QED) is 0.525. The minimum atomic E-state index is -0.974. The molecule has 3 aromatic rings. The first kappa shape index (κ1) is 23.1. The zero-order valence-corrected chi connectivity index (χ0v) is 18.3. The molecule has 6 nitrogen and oxygen atoms in total. The van der Waals surface area contributed by atoms with Crippen molar-refractivity contribution in [3.63, 3.8) is 0 Å². The van der Waals surface area contributed by atoms with Crippen molar-refractivity contribution in [2.45, 2.75) is 31.5 Å². The molecule has 0 saturated heterocycles. The van der Waals surface area contributed by atoms with Gasteiger partial charge in [0, 0.05) is 6.07 Å². The number of fused-ring (bicyclic) bond motifs is 1. The number of benzene rings is 3. The fourth-order valence-electron chi connectivity index (χ4n) is 4.06. The molecule has 0 aromatic heterocycles. The molecular weight excluding hydrogens is 440 g/mol. The van der Waals surface area contributed by atoms with Crippen molar-refractivity contribution in [3.05, 3.63) is 107 Å². The zero-order chi connectivity index (χ0) is 24.2. The molecule has 3 amide bonds. The van der Waals surface area contributed by atoms with Gasteiger partial charge in [0.1, 0.15) is 23.7 Å². The van der Waals surface area contributed by atoms with Crippen molar-refractivity contribution in [1.82, 2.24) is 16.0 Å². The predicted molar refractivity (Wildman–Crippen MR) is 121 cm³/mol. The third-order valence-electron chi connectivity index (χ3n) is 5.64. The van der Waals surface area contributed by atoms with Gasteiger partial charge < -0.3 is 16.0 Å². The molecule has 0 aliphatic carbocycles. The molecule has 34 heavy (non-hydrogen) atoms. The normalized spacial score (nSPS) is 17.8. The minimum Gasteiger partial charge on any atom is -0.344 e. The van der Waals surface area contributed by atoms with E-state index in [0.717, 1.165) is 23.3 Å². The molecule has 1 aliphatic heterocycles. The molecule has 174 valence electrons. The van der Waals surface area contributed by atoms with Crippen LogP contribution in [0.4, 0.5) is 8.78 Å². The van der Waals surface area contributed by atoms with Crippen molar-refractivity contribution < 1.29 is 23.2 Å². The summed E-state index contributed by atoms with van der Waals surface area (Å²) in [6.45, 7) is 1.47. The Morgan fingerprint density at radius 3 is 2.24 bits per heavy atom. The molecule has 3 atom stereocenters. The fraction of sp³-hybridized carbons (Fsp3) is 0.192. The van der Waals surface area contributed by atoms with E-state index in [-0.39, 0.29) is 23.9 Å². The van der Waals surface area contributed by atoms with E-state index in [2.05, 4.69) is 16.0 Å². The second-order valence-corrected chi connectivity index (χ2v) is 8.17. The highest BCUT2D eigenvalue weighted by molar-refractivity contribution is 5.94. The van der Waals surface area contributed by atoms with Crippen LogP contribution in [-0.2, 0) is 20.8 Å². The smallest absolute Gasteiger partial charge is 0.247 e. The summed E-state index contributed by atoms with van der Waals surface area (Å²) in [4.78, 5) is 38.0. The van der Waals surface area contributed by atoms with E-state index < -0.39 is 35.5 Å². The van der Waals surface area contributed by atoms with Crippen molar-refractivity contribution in [1.29, 1.82) is 0 Å². The molecule has 4 rings (SSSR count). The van der Waals surface area contributed by atoms with E-state index >= 15 is 0 Å². The van der Waals surface area contributed by atoms with Gasteiger partial charge in [0.15, 0.2) is 0 Å².